The molecule has 1 aliphatic heterocycles. The average molecular weight is 254 g/mol. The monoisotopic (exact) mass is 253 g/mol. The topological polar surface area (TPSA) is 53.9 Å². The summed E-state index contributed by atoms with van der Waals surface area (Å²) in [5.74, 6) is 2.90. The van der Waals surface area contributed by atoms with Crippen LogP contribution < -0.4 is 10.2 Å². The van der Waals surface area contributed by atoms with E-state index in [4.69, 9.17) is 11.6 Å². The van der Waals surface area contributed by atoms with Gasteiger partial charge in [-0.05, 0) is 36.3 Å². The third-order valence-electron chi connectivity index (χ3n) is 3.83. The molecule has 1 saturated heterocycles. The van der Waals surface area contributed by atoms with Crippen LogP contribution in [0.15, 0.2) is 0 Å². The molecule has 3 rings (SSSR count). The maximum atomic E-state index is 5.90. The second kappa shape index (κ2) is 4.29. The van der Waals surface area contributed by atoms with Crippen LogP contribution >= 0.6 is 11.6 Å². The van der Waals surface area contributed by atoms with Gasteiger partial charge in [0.15, 0.2) is 0 Å². The van der Waals surface area contributed by atoms with Gasteiger partial charge in [-0.3, -0.25) is 0 Å². The third-order valence-corrected chi connectivity index (χ3v) is 4.00. The molecule has 2 fully saturated rings. The van der Waals surface area contributed by atoms with Gasteiger partial charge >= 0.3 is 0 Å². The van der Waals surface area contributed by atoms with Gasteiger partial charge in [-0.2, -0.15) is 15.0 Å². The molecule has 1 N–H and O–H groups in total. The van der Waals surface area contributed by atoms with Gasteiger partial charge in [0.05, 0.1) is 0 Å². The molecule has 2 heterocycles. The first kappa shape index (κ1) is 11.0. The van der Waals surface area contributed by atoms with Gasteiger partial charge in [0.25, 0.3) is 0 Å². The van der Waals surface area contributed by atoms with Crippen molar-refractivity contribution in [3.63, 3.8) is 0 Å². The van der Waals surface area contributed by atoms with Crippen molar-refractivity contribution in [1.82, 2.24) is 15.0 Å². The molecule has 17 heavy (non-hydrogen) atoms. The third kappa shape index (κ3) is 2.04. The molecule has 2 unspecified atom stereocenters. The number of hydrogen-bond acceptors (Lipinski definition) is 5. The van der Waals surface area contributed by atoms with E-state index in [1.54, 1.807) is 7.05 Å². The molecule has 0 bridgehead atoms. The van der Waals surface area contributed by atoms with Gasteiger partial charge in [0.1, 0.15) is 0 Å². The molecule has 92 valence electrons. The highest BCUT2D eigenvalue weighted by molar-refractivity contribution is 6.28. The smallest absolute Gasteiger partial charge is 0.231 e. The first-order chi connectivity index (χ1) is 8.26. The van der Waals surface area contributed by atoms with Crippen LogP contribution in [0.5, 0.6) is 0 Å². The summed E-state index contributed by atoms with van der Waals surface area (Å²) in [5.41, 5.74) is 0. The largest absolute Gasteiger partial charge is 0.357 e. The Hall–Kier alpha value is -1.10. The summed E-state index contributed by atoms with van der Waals surface area (Å²) >= 11 is 5.90. The molecule has 5 nitrogen and oxygen atoms in total. The highest BCUT2D eigenvalue weighted by Gasteiger charge is 2.37. The Morgan fingerprint density at radius 1 is 1.18 bits per heavy atom. The van der Waals surface area contributed by atoms with E-state index in [9.17, 15) is 0 Å². The standard InChI is InChI=1S/C11H16ClN5/c1-13-10-14-9(12)15-11(16-10)17-5-7-3-2-4-8(7)6-17/h7-8H,2-6H2,1H3,(H,13,14,15,16). The predicted molar refractivity (Wildman–Crippen MR) is 67.4 cm³/mol. The van der Waals surface area contributed by atoms with Crippen molar-refractivity contribution in [1.29, 1.82) is 0 Å². The van der Waals surface area contributed by atoms with E-state index < -0.39 is 0 Å². The molecule has 1 aromatic heterocycles. The van der Waals surface area contributed by atoms with Crippen LogP contribution in [0.1, 0.15) is 19.3 Å². The number of nitrogens with one attached hydrogen (secondary N) is 1. The van der Waals surface area contributed by atoms with E-state index in [2.05, 4.69) is 25.2 Å². The molecule has 2 aliphatic rings. The predicted octanol–water partition coefficient (Wildman–Crippen LogP) is 1.80. The van der Waals surface area contributed by atoms with E-state index in [0.29, 0.717) is 11.9 Å². The number of nitrogens with zero attached hydrogens (tertiary/aromatic N) is 4. The molecule has 0 aromatic carbocycles. The lowest BCUT2D eigenvalue weighted by molar-refractivity contribution is 0.494. The Kier molecular flexibility index (Phi) is 2.78. The van der Waals surface area contributed by atoms with Gasteiger partial charge in [-0.1, -0.05) is 6.42 Å². The number of fused-ring (bicyclic) bond motifs is 1. The van der Waals surface area contributed by atoms with Crippen molar-refractivity contribution in [2.24, 2.45) is 11.8 Å². The Morgan fingerprint density at radius 3 is 2.53 bits per heavy atom. The second-order valence-corrected chi connectivity index (χ2v) is 5.17. The van der Waals surface area contributed by atoms with Crippen LogP contribution in [0, 0.1) is 11.8 Å². The summed E-state index contributed by atoms with van der Waals surface area (Å²) in [6.45, 7) is 2.13. The Morgan fingerprint density at radius 2 is 1.88 bits per heavy atom. The summed E-state index contributed by atoms with van der Waals surface area (Å²) in [4.78, 5) is 14.8. The van der Waals surface area contributed by atoms with Crippen molar-refractivity contribution in [3.05, 3.63) is 5.28 Å². The van der Waals surface area contributed by atoms with E-state index in [0.717, 1.165) is 24.9 Å². The van der Waals surface area contributed by atoms with Crippen LogP contribution in [0.4, 0.5) is 11.9 Å². The minimum absolute atomic E-state index is 0.261. The SMILES string of the molecule is CNc1nc(Cl)nc(N2CC3CCCC3C2)n1. The molecule has 0 spiro atoms. The Labute approximate surface area is 106 Å². The highest BCUT2D eigenvalue weighted by Crippen LogP contribution is 2.38. The summed E-state index contributed by atoms with van der Waals surface area (Å²) in [6.07, 6.45) is 4.07. The molecule has 0 amide bonds. The number of aromatic nitrogens is 3. The van der Waals surface area contributed by atoms with Crippen molar-refractivity contribution in [2.75, 3.05) is 30.4 Å². The van der Waals surface area contributed by atoms with E-state index in [1.165, 1.54) is 19.3 Å². The quantitative estimate of drug-likeness (QED) is 0.871. The van der Waals surface area contributed by atoms with Crippen LogP contribution in [0.25, 0.3) is 0 Å². The number of rotatable bonds is 2. The summed E-state index contributed by atoms with van der Waals surface area (Å²) in [7, 11) is 1.79. The molecule has 2 atom stereocenters. The van der Waals surface area contributed by atoms with Gasteiger partial charge < -0.3 is 10.2 Å². The summed E-state index contributed by atoms with van der Waals surface area (Å²) in [6, 6.07) is 0. The van der Waals surface area contributed by atoms with Gasteiger partial charge in [-0.25, -0.2) is 0 Å². The van der Waals surface area contributed by atoms with E-state index >= 15 is 0 Å². The molecule has 1 saturated carbocycles. The van der Waals surface area contributed by atoms with Crippen molar-refractivity contribution in [2.45, 2.75) is 19.3 Å². The maximum Gasteiger partial charge on any atom is 0.231 e. The van der Waals surface area contributed by atoms with Gasteiger partial charge in [0, 0.05) is 20.1 Å². The van der Waals surface area contributed by atoms with Crippen molar-refractivity contribution >= 4 is 23.5 Å². The molecular formula is C11H16ClN5. The molecular weight excluding hydrogens is 238 g/mol. The lowest BCUT2D eigenvalue weighted by atomic mass is 10.0. The fourth-order valence-corrected chi connectivity index (χ4v) is 3.15. The average Bonchev–Trinajstić information content (AvgIpc) is 2.88. The molecule has 0 radical (unpaired) electrons. The summed E-state index contributed by atoms with van der Waals surface area (Å²) in [5, 5.41) is 3.17. The molecule has 1 aliphatic carbocycles. The van der Waals surface area contributed by atoms with Crippen LogP contribution in [-0.4, -0.2) is 35.1 Å². The van der Waals surface area contributed by atoms with Gasteiger partial charge in [0.2, 0.25) is 17.2 Å². The van der Waals surface area contributed by atoms with E-state index in [-0.39, 0.29) is 5.28 Å². The van der Waals surface area contributed by atoms with Crippen LogP contribution in [0.3, 0.4) is 0 Å². The fourth-order valence-electron chi connectivity index (χ4n) is 2.99. The second-order valence-electron chi connectivity index (χ2n) is 4.83. The zero-order valence-corrected chi connectivity index (χ0v) is 10.6. The van der Waals surface area contributed by atoms with Crippen molar-refractivity contribution in [3.8, 4) is 0 Å². The van der Waals surface area contributed by atoms with Crippen LogP contribution in [0.2, 0.25) is 5.28 Å². The van der Waals surface area contributed by atoms with Gasteiger partial charge in [-0.15, -0.1) is 0 Å². The van der Waals surface area contributed by atoms with E-state index in [1.807, 2.05) is 0 Å². The maximum absolute atomic E-state index is 5.90. The number of anilines is 2. The zero-order valence-electron chi connectivity index (χ0n) is 9.86. The van der Waals surface area contributed by atoms with Crippen LogP contribution in [-0.2, 0) is 0 Å². The highest BCUT2D eigenvalue weighted by atomic mass is 35.5. The molecule has 1 aromatic rings. The lowest BCUT2D eigenvalue weighted by Crippen LogP contribution is -2.23. The Balaban J connectivity index is 1.82. The minimum atomic E-state index is 0.261. The minimum Gasteiger partial charge on any atom is -0.357 e. The first-order valence-electron chi connectivity index (χ1n) is 6.10. The summed E-state index contributed by atoms with van der Waals surface area (Å²) < 4.78 is 0. The first-order valence-corrected chi connectivity index (χ1v) is 6.48. The van der Waals surface area contributed by atoms with Crippen molar-refractivity contribution < 1.29 is 0 Å². The number of hydrogen-bond donors (Lipinski definition) is 1. The molecule has 6 heteroatoms. The fraction of sp³-hybridized carbons (Fsp3) is 0.727. The zero-order chi connectivity index (χ0) is 11.8. The Bertz CT molecular complexity index is 412. The number of halogens is 1. The lowest BCUT2D eigenvalue weighted by Gasteiger charge is -2.17. The normalized spacial score (nSPS) is 27.3.